The van der Waals surface area contributed by atoms with Crippen LogP contribution in [0.2, 0.25) is 0 Å². The Balaban J connectivity index is 1.88. The zero-order valence-electron chi connectivity index (χ0n) is 7.56. The normalized spacial score (nSPS) is 16.9. The van der Waals surface area contributed by atoms with Gasteiger partial charge in [-0.25, -0.2) is 4.98 Å². The number of aromatic nitrogens is 1. The van der Waals surface area contributed by atoms with E-state index < -0.39 is 0 Å². The smallest absolute Gasteiger partial charge is 0.181 e. The molecule has 0 unspecified atom stereocenters. The van der Waals surface area contributed by atoms with E-state index in [1.807, 2.05) is 18.2 Å². The standard InChI is InChI=1S/C10H10N2O2/c1-2-10-9(12-6-13-10)3-7(1)14-8-4-11-5-8/h1-3,6,8,11H,4-5H2. The van der Waals surface area contributed by atoms with Gasteiger partial charge >= 0.3 is 0 Å². The van der Waals surface area contributed by atoms with Crippen LogP contribution in [0.4, 0.5) is 0 Å². The van der Waals surface area contributed by atoms with Gasteiger partial charge in [0.25, 0.3) is 0 Å². The van der Waals surface area contributed by atoms with Gasteiger partial charge in [0.05, 0.1) is 0 Å². The van der Waals surface area contributed by atoms with Crippen LogP contribution < -0.4 is 10.1 Å². The number of benzene rings is 1. The fraction of sp³-hybridized carbons (Fsp3) is 0.300. The molecule has 1 aliphatic heterocycles. The number of rotatable bonds is 2. The topological polar surface area (TPSA) is 47.3 Å². The molecule has 2 aromatic rings. The third kappa shape index (κ3) is 1.24. The quantitative estimate of drug-likeness (QED) is 0.772. The summed E-state index contributed by atoms with van der Waals surface area (Å²) in [5, 5.41) is 3.15. The van der Waals surface area contributed by atoms with Crippen molar-refractivity contribution in [2.45, 2.75) is 6.10 Å². The minimum Gasteiger partial charge on any atom is -0.488 e. The van der Waals surface area contributed by atoms with Crippen LogP contribution in [0, 0.1) is 0 Å². The molecule has 1 N–H and O–H groups in total. The Kier molecular flexibility index (Phi) is 1.67. The molecule has 4 nitrogen and oxygen atoms in total. The molecule has 0 saturated carbocycles. The Morgan fingerprint density at radius 3 is 3.14 bits per heavy atom. The van der Waals surface area contributed by atoms with Gasteiger partial charge in [-0.3, -0.25) is 0 Å². The van der Waals surface area contributed by atoms with Crippen molar-refractivity contribution in [3.05, 3.63) is 24.6 Å². The van der Waals surface area contributed by atoms with E-state index in [-0.39, 0.29) is 0 Å². The molecule has 3 rings (SSSR count). The van der Waals surface area contributed by atoms with Crippen LogP contribution in [0.1, 0.15) is 0 Å². The summed E-state index contributed by atoms with van der Waals surface area (Å²) in [4.78, 5) is 4.07. The maximum absolute atomic E-state index is 5.68. The van der Waals surface area contributed by atoms with E-state index in [0.717, 1.165) is 29.9 Å². The summed E-state index contributed by atoms with van der Waals surface area (Å²) in [5.74, 6) is 0.859. The maximum atomic E-state index is 5.68. The first-order valence-corrected chi connectivity index (χ1v) is 4.62. The highest BCUT2D eigenvalue weighted by molar-refractivity contribution is 5.73. The highest BCUT2D eigenvalue weighted by Crippen LogP contribution is 2.20. The summed E-state index contributed by atoms with van der Waals surface area (Å²) in [6.45, 7) is 1.85. The Labute approximate surface area is 80.9 Å². The molecule has 1 aromatic carbocycles. The molecule has 0 radical (unpaired) electrons. The predicted octanol–water partition coefficient (Wildman–Crippen LogP) is 1.18. The third-order valence-electron chi connectivity index (χ3n) is 2.35. The first-order valence-electron chi connectivity index (χ1n) is 4.62. The largest absolute Gasteiger partial charge is 0.488 e. The van der Waals surface area contributed by atoms with Crippen LogP contribution in [0.3, 0.4) is 0 Å². The van der Waals surface area contributed by atoms with Crippen molar-refractivity contribution in [1.29, 1.82) is 0 Å². The highest BCUT2D eigenvalue weighted by atomic mass is 16.5. The highest BCUT2D eigenvalue weighted by Gasteiger charge is 2.18. The van der Waals surface area contributed by atoms with Gasteiger partial charge in [-0.2, -0.15) is 0 Å². The minimum atomic E-state index is 0.305. The van der Waals surface area contributed by atoms with Crippen LogP contribution in [-0.2, 0) is 0 Å². The summed E-state index contributed by atoms with van der Waals surface area (Å²) in [7, 11) is 0. The first kappa shape index (κ1) is 7.82. The number of oxazole rings is 1. The molecule has 0 aliphatic carbocycles. The van der Waals surface area contributed by atoms with E-state index in [1.54, 1.807) is 0 Å². The van der Waals surface area contributed by atoms with Crippen molar-refractivity contribution in [2.75, 3.05) is 13.1 Å². The number of hydrogen-bond acceptors (Lipinski definition) is 4. The number of nitrogens with zero attached hydrogens (tertiary/aromatic N) is 1. The van der Waals surface area contributed by atoms with E-state index in [2.05, 4.69) is 10.3 Å². The lowest BCUT2D eigenvalue weighted by atomic mass is 10.2. The van der Waals surface area contributed by atoms with Crippen molar-refractivity contribution < 1.29 is 9.15 Å². The Bertz CT molecular complexity index is 448. The average molecular weight is 190 g/mol. The van der Waals surface area contributed by atoms with Crippen molar-refractivity contribution in [3.8, 4) is 5.75 Å². The van der Waals surface area contributed by atoms with Gasteiger partial charge in [-0.05, 0) is 12.1 Å². The third-order valence-corrected chi connectivity index (χ3v) is 2.35. The fourth-order valence-corrected chi connectivity index (χ4v) is 1.45. The lowest BCUT2D eigenvalue weighted by molar-refractivity contribution is 0.142. The minimum absolute atomic E-state index is 0.305. The second-order valence-electron chi connectivity index (χ2n) is 3.38. The van der Waals surface area contributed by atoms with E-state index in [0.29, 0.717) is 6.10 Å². The second kappa shape index (κ2) is 2.99. The molecule has 0 atom stereocenters. The molecule has 1 saturated heterocycles. The van der Waals surface area contributed by atoms with E-state index >= 15 is 0 Å². The van der Waals surface area contributed by atoms with Gasteiger partial charge < -0.3 is 14.5 Å². The molecular weight excluding hydrogens is 180 g/mol. The zero-order chi connectivity index (χ0) is 9.38. The Morgan fingerprint density at radius 2 is 2.36 bits per heavy atom. The molecule has 4 heteroatoms. The Morgan fingerprint density at radius 1 is 1.43 bits per heavy atom. The molecule has 1 fully saturated rings. The van der Waals surface area contributed by atoms with Crippen LogP contribution in [0.25, 0.3) is 11.1 Å². The van der Waals surface area contributed by atoms with Crippen LogP contribution in [0.15, 0.2) is 29.0 Å². The van der Waals surface area contributed by atoms with Gasteiger partial charge in [-0.15, -0.1) is 0 Å². The summed E-state index contributed by atoms with van der Waals surface area (Å²) < 4.78 is 10.8. The van der Waals surface area contributed by atoms with Crippen molar-refractivity contribution in [2.24, 2.45) is 0 Å². The molecule has 14 heavy (non-hydrogen) atoms. The van der Waals surface area contributed by atoms with Crippen LogP contribution in [0.5, 0.6) is 5.75 Å². The van der Waals surface area contributed by atoms with Crippen LogP contribution >= 0.6 is 0 Å². The first-order chi connectivity index (χ1) is 6.92. The monoisotopic (exact) mass is 190 g/mol. The lowest BCUT2D eigenvalue weighted by Crippen LogP contribution is -2.50. The lowest BCUT2D eigenvalue weighted by Gasteiger charge is -2.27. The molecule has 0 spiro atoms. The zero-order valence-corrected chi connectivity index (χ0v) is 7.56. The predicted molar refractivity (Wildman–Crippen MR) is 51.3 cm³/mol. The molecule has 1 aromatic heterocycles. The van der Waals surface area contributed by atoms with Gasteiger partial charge in [0.2, 0.25) is 0 Å². The molecular formula is C10H10N2O2. The van der Waals surface area contributed by atoms with Crippen LogP contribution in [-0.4, -0.2) is 24.2 Å². The molecule has 0 bridgehead atoms. The van der Waals surface area contributed by atoms with E-state index in [4.69, 9.17) is 9.15 Å². The maximum Gasteiger partial charge on any atom is 0.181 e. The molecule has 1 aliphatic rings. The van der Waals surface area contributed by atoms with Gasteiger partial charge in [-0.1, -0.05) is 0 Å². The summed E-state index contributed by atoms with van der Waals surface area (Å²) in [6.07, 6.45) is 1.75. The number of ether oxygens (including phenoxy) is 1. The average Bonchev–Trinajstić information content (AvgIpc) is 2.58. The van der Waals surface area contributed by atoms with E-state index in [9.17, 15) is 0 Å². The summed E-state index contributed by atoms with van der Waals surface area (Å²) in [6, 6.07) is 5.69. The molecule has 0 amide bonds. The van der Waals surface area contributed by atoms with E-state index in [1.165, 1.54) is 6.39 Å². The van der Waals surface area contributed by atoms with Crippen molar-refractivity contribution >= 4 is 11.1 Å². The van der Waals surface area contributed by atoms with Crippen molar-refractivity contribution in [3.63, 3.8) is 0 Å². The van der Waals surface area contributed by atoms with Gasteiger partial charge in [0, 0.05) is 19.2 Å². The molecule has 2 heterocycles. The molecule has 72 valence electrons. The number of nitrogens with one attached hydrogen (secondary N) is 1. The van der Waals surface area contributed by atoms with Gasteiger partial charge in [0.15, 0.2) is 12.0 Å². The Hall–Kier alpha value is -1.55. The number of hydrogen-bond donors (Lipinski definition) is 1. The fourth-order valence-electron chi connectivity index (χ4n) is 1.45. The van der Waals surface area contributed by atoms with Gasteiger partial charge in [0.1, 0.15) is 17.4 Å². The van der Waals surface area contributed by atoms with Crippen molar-refractivity contribution in [1.82, 2.24) is 10.3 Å². The SMILES string of the molecule is c1nc2cc(OC3CNC3)ccc2o1. The second-order valence-corrected chi connectivity index (χ2v) is 3.38. The number of fused-ring (bicyclic) bond motifs is 1. The summed E-state index contributed by atoms with van der Waals surface area (Å²) in [5.41, 5.74) is 1.64. The summed E-state index contributed by atoms with van der Waals surface area (Å²) >= 11 is 0.